The van der Waals surface area contributed by atoms with Crippen LogP contribution in [0.5, 0.6) is 0 Å². The molecule has 0 aliphatic rings. The summed E-state index contributed by atoms with van der Waals surface area (Å²) >= 11 is 0. The van der Waals surface area contributed by atoms with Crippen molar-refractivity contribution in [1.82, 2.24) is 15.0 Å². The molecule has 0 saturated heterocycles. The lowest BCUT2D eigenvalue weighted by Gasteiger charge is -2.37. The van der Waals surface area contributed by atoms with Crippen molar-refractivity contribution in [2.45, 2.75) is 38.9 Å². The van der Waals surface area contributed by atoms with Crippen LogP contribution in [0, 0.1) is 0 Å². The van der Waals surface area contributed by atoms with Gasteiger partial charge in [-0.1, -0.05) is 78.3 Å². The monoisotopic (exact) mass is 616 g/mol. The van der Waals surface area contributed by atoms with Crippen LogP contribution in [0.1, 0.15) is 27.7 Å². The summed E-state index contributed by atoms with van der Waals surface area (Å²) in [5, 5.41) is 14.5. The van der Waals surface area contributed by atoms with Gasteiger partial charge >= 0.3 is 7.48 Å². The predicted molar refractivity (Wildman–Crippen MR) is 188 cm³/mol. The number of furan rings is 2. The van der Waals surface area contributed by atoms with Gasteiger partial charge in [0.25, 0.3) is 0 Å². The second-order valence-corrected chi connectivity index (χ2v) is 12.9. The van der Waals surface area contributed by atoms with Crippen molar-refractivity contribution in [3.8, 4) is 34.2 Å². The Kier molecular flexibility index (Phi) is 6.75. The third kappa shape index (κ3) is 5.25. The van der Waals surface area contributed by atoms with Crippen LogP contribution >= 0.6 is 0 Å². The number of aliphatic hydroxyl groups is 1. The summed E-state index contributed by atoms with van der Waals surface area (Å²) < 4.78 is 18.5. The van der Waals surface area contributed by atoms with Crippen LogP contribution in [0.4, 0.5) is 0 Å². The number of fused-ring (bicyclic) bond motifs is 6. The fourth-order valence-electron chi connectivity index (χ4n) is 5.58. The maximum absolute atomic E-state index is 10.5. The molecule has 8 heteroatoms. The minimum absolute atomic E-state index is 0.539. The number of rotatable bonds is 7. The van der Waals surface area contributed by atoms with Gasteiger partial charge in [0.2, 0.25) is 0 Å². The number of nitrogens with zero attached hydrogens (tertiary/aromatic N) is 3. The first-order valence-electron chi connectivity index (χ1n) is 15.6. The molecule has 3 aromatic heterocycles. The largest absolute Gasteiger partial charge is 0.456 e. The second-order valence-electron chi connectivity index (χ2n) is 12.9. The molecule has 8 aromatic rings. The molecule has 8 rings (SSSR count). The van der Waals surface area contributed by atoms with Gasteiger partial charge in [-0.15, -0.1) is 0 Å². The smallest absolute Gasteiger partial charge is 0.330 e. The first kappa shape index (κ1) is 29.1. The Morgan fingerprint density at radius 3 is 1.70 bits per heavy atom. The Labute approximate surface area is 272 Å². The van der Waals surface area contributed by atoms with E-state index in [4.69, 9.17) is 28.4 Å². The van der Waals surface area contributed by atoms with Crippen molar-refractivity contribution in [3.63, 3.8) is 0 Å². The number of benzene rings is 5. The Morgan fingerprint density at radius 2 is 1.06 bits per heavy atom. The first-order chi connectivity index (χ1) is 22.6. The third-order valence-electron chi connectivity index (χ3n) is 9.02. The molecule has 1 radical (unpaired) electrons. The van der Waals surface area contributed by atoms with Gasteiger partial charge in [-0.2, -0.15) is 0 Å². The van der Waals surface area contributed by atoms with Gasteiger partial charge in [0.1, 0.15) is 22.3 Å². The molecule has 5 aromatic carbocycles. The third-order valence-corrected chi connectivity index (χ3v) is 9.02. The molecule has 0 aliphatic carbocycles. The summed E-state index contributed by atoms with van der Waals surface area (Å²) in [5.74, 6) is 1.67. The van der Waals surface area contributed by atoms with E-state index in [0.717, 1.165) is 66.0 Å². The second kappa shape index (κ2) is 10.9. The Morgan fingerprint density at radius 1 is 0.532 bits per heavy atom. The van der Waals surface area contributed by atoms with Gasteiger partial charge in [0, 0.05) is 38.2 Å². The molecule has 3 heterocycles. The lowest BCUT2D eigenvalue weighted by atomic mass is 9.82. The van der Waals surface area contributed by atoms with Gasteiger partial charge in [0.15, 0.2) is 17.5 Å². The quantitative estimate of drug-likeness (QED) is 0.180. The minimum atomic E-state index is -1.01. The van der Waals surface area contributed by atoms with Crippen molar-refractivity contribution in [3.05, 3.63) is 109 Å². The van der Waals surface area contributed by atoms with Crippen LogP contribution in [-0.4, -0.2) is 38.7 Å². The summed E-state index contributed by atoms with van der Waals surface area (Å²) in [6.07, 6.45) is 0. The van der Waals surface area contributed by atoms with Crippen LogP contribution < -0.4 is 5.46 Å². The standard InChI is InChI=1S/C39H31BN3O4/c1-38(2,44)39(3,4)47-40-26-16-19-32-30(22-26)29-18-15-25(21-34(29)46-32)37-42-35(23-10-6-5-7-11-23)41-36(43-37)24-14-17-28-27-12-8-9-13-31(27)45-33(28)20-24/h5-22,44H,1-4H3. The van der Waals surface area contributed by atoms with Crippen LogP contribution in [0.25, 0.3) is 78.0 Å². The van der Waals surface area contributed by atoms with Gasteiger partial charge in [0.05, 0.1) is 11.2 Å². The number of para-hydroxylation sites is 1. The first-order valence-corrected chi connectivity index (χ1v) is 15.6. The lowest BCUT2D eigenvalue weighted by Crippen LogP contribution is -2.49. The highest BCUT2D eigenvalue weighted by Crippen LogP contribution is 2.34. The highest BCUT2D eigenvalue weighted by Gasteiger charge is 2.35. The summed E-state index contributed by atoms with van der Waals surface area (Å²) in [5.41, 5.74) is 4.73. The summed E-state index contributed by atoms with van der Waals surface area (Å²) in [7, 11) is 1.69. The molecular weight excluding hydrogens is 585 g/mol. The molecule has 0 saturated carbocycles. The van der Waals surface area contributed by atoms with E-state index in [-0.39, 0.29) is 0 Å². The zero-order valence-corrected chi connectivity index (χ0v) is 26.5. The molecule has 47 heavy (non-hydrogen) atoms. The Bertz CT molecular complexity index is 2440. The van der Waals surface area contributed by atoms with Crippen molar-refractivity contribution in [2.24, 2.45) is 0 Å². The molecule has 0 bridgehead atoms. The van der Waals surface area contributed by atoms with E-state index in [9.17, 15) is 5.11 Å². The summed E-state index contributed by atoms with van der Waals surface area (Å²) in [6.45, 7) is 7.21. The average molecular weight is 617 g/mol. The average Bonchev–Trinajstić information content (AvgIpc) is 3.64. The molecule has 1 N–H and O–H groups in total. The molecule has 0 aliphatic heterocycles. The molecule has 0 spiro atoms. The zero-order valence-electron chi connectivity index (χ0n) is 26.5. The molecule has 0 atom stereocenters. The summed E-state index contributed by atoms with van der Waals surface area (Å²) in [6, 6.07) is 36.0. The maximum atomic E-state index is 10.5. The predicted octanol–water partition coefficient (Wildman–Crippen LogP) is 8.48. The number of hydrogen-bond acceptors (Lipinski definition) is 7. The molecule has 7 nitrogen and oxygen atoms in total. The Balaban J connectivity index is 1.20. The molecule has 0 amide bonds. The molecule has 229 valence electrons. The minimum Gasteiger partial charge on any atom is -0.456 e. The van der Waals surface area contributed by atoms with Crippen molar-refractivity contribution < 1.29 is 18.6 Å². The number of aromatic nitrogens is 3. The SMILES string of the molecule is CC(C)(O)C(C)(C)O[B]c1ccc2oc3cc(-c4nc(-c5ccccc5)nc(-c5ccc6c(c5)oc5ccccc56)n4)ccc3c2c1. The fourth-order valence-corrected chi connectivity index (χ4v) is 5.58. The van der Waals surface area contributed by atoms with Gasteiger partial charge in [-0.25, -0.2) is 15.0 Å². The van der Waals surface area contributed by atoms with Crippen molar-refractivity contribution in [2.75, 3.05) is 0 Å². The van der Waals surface area contributed by atoms with E-state index in [0.29, 0.717) is 17.5 Å². The van der Waals surface area contributed by atoms with Crippen molar-refractivity contribution >= 4 is 56.8 Å². The van der Waals surface area contributed by atoms with E-state index in [1.54, 1.807) is 21.3 Å². The van der Waals surface area contributed by atoms with Crippen LogP contribution in [0.15, 0.2) is 118 Å². The normalized spacial score (nSPS) is 12.4. The van der Waals surface area contributed by atoms with E-state index >= 15 is 0 Å². The fraction of sp³-hybridized carbons (Fsp3) is 0.154. The van der Waals surface area contributed by atoms with Crippen LogP contribution in [-0.2, 0) is 4.65 Å². The van der Waals surface area contributed by atoms with E-state index in [2.05, 4.69) is 12.1 Å². The summed E-state index contributed by atoms with van der Waals surface area (Å²) in [4.78, 5) is 14.8. The van der Waals surface area contributed by atoms with Gasteiger partial charge < -0.3 is 18.6 Å². The van der Waals surface area contributed by atoms with E-state index < -0.39 is 11.2 Å². The molecule has 0 fully saturated rings. The van der Waals surface area contributed by atoms with Crippen LogP contribution in [0.2, 0.25) is 0 Å². The highest BCUT2D eigenvalue weighted by molar-refractivity contribution is 6.47. The number of hydrogen-bond donors (Lipinski definition) is 1. The topological polar surface area (TPSA) is 94.4 Å². The van der Waals surface area contributed by atoms with Crippen LogP contribution in [0.3, 0.4) is 0 Å². The Hall–Kier alpha value is -5.31. The van der Waals surface area contributed by atoms with E-state index in [1.165, 1.54) is 0 Å². The molecule has 0 unspecified atom stereocenters. The zero-order chi connectivity index (χ0) is 32.3. The van der Waals surface area contributed by atoms with E-state index in [1.807, 2.05) is 111 Å². The van der Waals surface area contributed by atoms with Gasteiger partial charge in [-0.3, -0.25) is 0 Å². The van der Waals surface area contributed by atoms with Gasteiger partial charge in [-0.05, 0) is 64.1 Å². The highest BCUT2D eigenvalue weighted by atomic mass is 16.5. The lowest BCUT2D eigenvalue weighted by molar-refractivity contribution is -0.0893. The molecular formula is C39H31BN3O4. The maximum Gasteiger partial charge on any atom is 0.330 e. The van der Waals surface area contributed by atoms with Crippen molar-refractivity contribution in [1.29, 1.82) is 0 Å².